The Hall–Kier alpha value is -0.610. The number of aryl methyl sites for hydroxylation is 1. The van der Waals surface area contributed by atoms with Crippen LogP contribution in [0.25, 0.3) is 0 Å². The van der Waals surface area contributed by atoms with E-state index < -0.39 is 0 Å². The van der Waals surface area contributed by atoms with Crippen LogP contribution in [0.4, 0.5) is 0 Å². The number of rotatable bonds is 7. The number of nitrogens with zero attached hydrogens (tertiary/aromatic N) is 2. The number of pyridine rings is 1. The molecule has 0 N–H and O–H groups in total. The molecule has 0 unspecified atom stereocenters. The fourth-order valence-corrected chi connectivity index (χ4v) is 3.08. The first kappa shape index (κ1) is 15.8. The van der Waals surface area contributed by atoms with E-state index in [4.69, 9.17) is 4.74 Å². The topological polar surface area (TPSA) is 25.4 Å². The first-order valence-corrected chi connectivity index (χ1v) is 8.58. The molecule has 1 fully saturated rings. The molecule has 3 nitrogen and oxygen atoms in total. The minimum Gasteiger partial charge on any atom is -0.496 e. The summed E-state index contributed by atoms with van der Waals surface area (Å²) in [5.74, 6) is 0.990. The number of methoxy groups -OCH3 is 1. The van der Waals surface area contributed by atoms with Gasteiger partial charge in [-0.2, -0.15) is 0 Å². The smallest absolute Gasteiger partial charge is 0.128 e. The Labute approximate surface area is 130 Å². The zero-order valence-corrected chi connectivity index (χ0v) is 14.4. The highest BCUT2D eigenvalue weighted by molar-refractivity contribution is 9.09. The number of alkyl halides is 1. The Morgan fingerprint density at radius 3 is 2.70 bits per heavy atom. The zero-order valence-electron chi connectivity index (χ0n) is 12.8. The third-order valence-corrected chi connectivity index (χ3v) is 4.83. The van der Waals surface area contributed by atoms with Gasteiger partial charge in [0.1, 0.15) is 5.75 Å². The van der Waals surface area contributed by atoms with Gasteiger partial charge >= 0.3 is 0 Å². The highest BCUT2D eigenvalue weighted by Gasteiger charge is 2.25. The van der Waals surface area contributed by atoms with Crippen molar-refractivity contribution in [1.82, 2.24) is 9.88 Å². The fraction of sp³-hybridized carbons (Fsp3) is 0.688. The molecule has 1 aliphatic rings. The first-order chi connectivity index (χ1) is 9.67. The lowest BCUT2D eigenvalue weighted by atomic mass is 9.91. The van der Waals surface area contributed by atoms with Gasteiger partial charge in [-0.15, -0.1) is 0 Å². The van der Waals surface area contributed by atoms with Crippen LogP contribution < -0.4 is 4.74 Å². The Balaban J connectivity index is 2.13. The van der Waals surface area contributed by atoms with Crippen LogP contribution in [-0.4, -0.2) is 34.9 Å². The fourth-order valence-electron chi connectivity index (χ4n) is 2.83. The minimum atomic E-state index is 0.752. The van der Waals surface area contributed by atoms with Crippen LogP contribution in [-0.2, 0) is 6.54 Å². The summed E-state index contributed by atoms with van der Waals surface area (Å²) in [5.41, 5.74) is 3.47. The lowest BCUT2D eigenvalue weighted by Crippen LogP contribution is -2.40. The summed E-state index contributed by atoms with van der Waals surface area (Å²) >= 11 is 3.54. The van der Waals surface area contributed by atoms with Gasteiger partial charge in [-0.05, 0) is 39.7 Å². The predicted octanol–water partition coefficient (Wildman–Crippen LogP) is 3.85. The summed E-state index contributed by atoms with van der Waals surface area (Å²) in [4.78, 5) is 7.23. The van der Waals surface area contributed by atoms with Gasteiger partial charge in [0, 0.05) is 35.2 Å². The van der Waals surface area contributed by atoms with Crippen molar-refractivity contribution in [2.45, 2.75) is 52.1 Å². The van der Waals surface area contributed by atoms with Crippen molar-refractivity contribution < 1.29 is 4.74 Å². The van der Waals surface area contributed by atoms with E-state index in [0.717, 1.165) is 41.5 Å². The summed E-state index contributed by atoms with van der Waals surface area (Å²) in [6, 6.07) is 0.752. The molecular formula is C16H25BrN2O. The van der Waals surface area contributed by atoms with Crippen LogP contribution in [0, 0.1) is 13.8 Å². The number of hydrogen-bond acceptors (Lipinski definition) is 3. The maximum absolute atomic E-state index is 5.51. The third-order valence-electron chi connectivity index (χ3n) is 4.27. The standard InChI is InChI=1S/C16H25BrN2O/c1-12-10-18-15(13(2)16(12)20-3)11-19(9-5-8-17)14-6-4-7-14/h10,14H,4-9,11H2,1-3H3. The molecular weight excluding hydrogens is 316 g/mol. The maximum atomic E-state index is 5.51. The maximum Gasteiger partial charge on any atom is 0.128 e. The van der Waals surface area contributed by atoms with Gasteiger partial charge in [-0.3, -0.25) is 9.88 Å². The van der Waals surface area contributed by atoms with E-state index in [0.29, 0.717) is 0 Å². The molecule has 0 spiro atoms. The van der Waals surface area contributed by atoms with Gasteiger partial charge in [-0.1, -0.05) is 22.4 Å². The van der Waals surface area contributed by atoms with Crippen molar-refractivity contribution in [1.29, 1.82) is 0 Å². The van der Waals surface area contributed by atoms with Crippen LogP contribution in [0.2, 0.25) is 0 Å². The van der Waals surface area contributed by atoms with Crippen LogP contribution in [0.3, 0.4) is 0 Å². The number of aromatic nitrogens is 1. The van der Waals surface area contributed by atoms with Gasteiger partial charge in [0.25, 0.3) is 0 Å². The average molecular weight is 341 g/mol. The molecule has 0 aliphatic heterocycles. The second-order valence-corrected chi connectivity index (χ2v) is 6.44. The summed E-state index contributed by atoms with van der Waals surface area (Å²) in [5, 5.41) is 1.07. The van der Waals surface area contributed by atoms with E-state index in [1.165, 1.54) is 31.2 Å². The van der Waals surface area contributed by atoms with Crippen LogP contribution in [0.15, 0.2) is 6.20 Å². The van der Waals surface area contributed by atoms with Gasteiger partial charge in [0.05, 0.1) is 12.8 Å². The number of hydrogen-bond donors (Lipinski definition) is 0. The lowest BCUT2D eigenvalue weighted by Gasteiger charge is -2.37. The minimum absolute atomic E-state index is 0.752. The molecule has 0 aromatic carbocycles. The molecule has 1 aromatic rings. The van der Waals surface area contributed by atoms with Crippen molar-refractivity contribution in [3.8, 4) is 5.75 Å². The largest absolute Gasteiger partial charge is 0.496 e. The summed E-state index contributed by atoms with van der Waals surface area (Å²) in [6.45, 7) is 6.27. The molecule has 4 heteroatoms. The van der Waals surface area contributed by atoms with Gasteiger partial charge < -0.3 is 4.74 Å². The van der Waals surface area contributed by atoms with Crippen molar-refractivity contribution in [2.24, 2.45) is 0 Å². The van der Waals surface area contributed by atoms with Gasteiger partial charge in [0.2, 0.25) is 0 Å². The van der Waals surface area contributed by atoms with Crippen molar-refractivity contribution >= 4 is 15.9 Å². The number of halogens is 1. The zero-order chi connectivity index (χ0) is 14.5. The monoisotopic (exact) mass is 340 g/mol. The molecule has 0 radical (unpaired) electrons. The molecule has 0 amide bonds. The van der Waals surface area contributed by atoms with Crippen molar-refractivity contribution in [2.75, 3.05) is 19.0 Å². The van der Waals surface area contributed by atoms with Crippen molar-refractivity contribution in [3.63, 3.8) is 0 Å². The first-order valence-electron chi connectivity index (χ1n) is 7.46. The summed E-state index contributed by atoms with van der Waals surface area (Å²) in [7, 11) is 1.74. The quantitative estimate of drug-likeness (QED) is 0.705. The van der Waals surface area contributed by atoms with E-state index >= 15 is 0 Å². The van der Waals surface area contributed by atoms with Gasteiger partial charge in [0.15, 0.2) is 0 Å². The highest BCUT2D eigenvalue weighted by atomic mass is 79.9. The summed E-state index contributed by atoms with van der Waals surface area (Å²) in [6.07, 6.45) is 7.18. The Morgan fingerprint density at radius 2 is 2.15 bits per heavy atom. The molecule has 0 saturated heterocycles. The predicted molar refractivity (Wildman–Crippen MR) is 86.7 cm³/mol. The Bertz CT molecular complexity index is 446. The van der Waals surface area contributed by atoms with E-state index in [1.54, 1.807) is 7.11 Å². The Morgan fingerprint density at radius 1 is 1.40 bits per heavy atom. The molecule has 20 heavy (non-hydrogen) atoms. The van der Waals surface area contributed by atoms with Crippen molar-refractivity contribution in [3.05, 3.63) is 23.0 Å². The Kier molecular flexibility index (Phi) is 5.85. The second kappa shape index (κ2) is 7.41. The van der Waals surface area contributed by atoms with Crippen LogP contribution in [0.5, 0.6) is 5.75 Å². The van der Waals surface area contributed by atoms with Gasteiger partial charge in [-0.25, -0.2) is 0 Å². The molecule has 0 atom stereocenters. The lowest BCUT2D eigenvalue weighted by molar-refractivity contribution is 0.118. The normalized spacial score (nSPS) is 15.4. The number of ether oxygens (including phenoxy) is 1. The molecule has 112 valence electrons. The molecule has 1 aliphatic carbocycles. The van der Waals surface area contributed by atoms with E-state index in [2.05, 4.69) is 39.7 Å². The SMILES string of the molecule is COc1c(C)cnc(CN(CCCBr)C2CCC2)c1C. The second-order valence-electron chi connectivity index (χ2n) is 5.64. The summed E-state index contributed by atoms with van der Waals surface area (Å²) < 4.78 is 5.51. The third kappa shape index (κ3) is 3.53. The van der Waals surface area contributed by atoms with E-state index in [9.17, 15) is 0 Å². The molecule has 1 saturated carbocycles. The highest BCUT2D eigenvalue weighted by Crippen LogP contribution is 2.29. The van der Waals surface area contributed by atoms with Crippen LogP contribution in [0.1, 0.15) is 42.5 Å². The molecule has 1 aromatic heterocycles. The van der Waals surface area contributed by atoms with E-state index in [-0.39, 0.29) is 0 Å². The van der Waals surface area contributed by atoms with E-state index in [1.807, 2.05) is 6.20 Å². The molecule has 0 bridgehead atoms. The average Bonchev–Trinajstić information content (AvgIpc) is 2.37. The molecule has 2 rings (SSSR count). The van der Waals surface area contributed by atoms with Crippen LogP contribution >= 0.6 is 15.9 Å². The molecule has 1 heterocycles.